The Balaban J connectivity index is 2.31. The first-order chi connectivity index (χ1) is 9.78. The molecule has 0 aliphatic heterocycles. The van der Waals surface area contributed by atoms with Crippen molar-refractivity contribution in [3.8, 4) is 0 Å². The average molecular weight is 289 g/mol. The summed E-state index contributed by atoms with van der Waals surface area (Å²) in [6, 6.07) is 5.36. The van der Waals surface area contributed by atoms with Gasteiger partial charge in [-0.3, -0.25) is 14.1 Å². The molecule has 21 heavy (non-hydrogen) atoms. The van der Waals surface area contributed by atoms with Gasteiger partial charge >= 0.3 is 0 Å². The van der Waals surface area contributed by atoms with E-state index < -0.39 is 5.60 Å². The lowest BCUT2D eigenvalue weighted by Crippen LogP contribution is -2.38. The third-order valence-electron chi connectivity index (χ3n) is 3.32. The third-order valence-corrected chi connectivity index (χ3v) is 3.32. The maximum absolute atomic E-state index is 12.1. The van der Waals surface area contributed by atoms with Crippen LogP contribution in [-0.4, -0.2) is 38.1 Å². The third kappa shape index (κ3) is 4.12. The van der Waals surface area contributed by atoms with Crippen LogP contribution in [0.25, 0.3) is 5.65 Å². The summed E-state index contributed by atoms with van der Waals surface area (Å²) in [5.41, 5.74) is 1.63. The second kappa shape index (κ2) is 5.95. The second-order valence-corrected chi connectivity index (χ2v) is 6.13. The number of hydrogen-bond donors (Lipinski definition) is 1. The molecule has 0 spiro atoms. The fourth-order valence-corrected chi connectivity index (χ4v) is 2.39. The molecule has 0 bridgehead atoms. The summed E-state index contributed by atoms with van der Waals surface area (Å²) < 4.78 is 1.54. The van der Waals surface area contributed by atoms with Crippen LogP contribution in [0.4, 0.5) is 0 Å². The van der Waals surface area contributed by atoms with Crippen molar-refractivity contribution in [2.24, 2.45) is 0 Å². The van der Waals surface area contributed by atoms with Crippen LogP contribution >= 0.6 is 0 Å². The molecule has 1 N–H and O–H groups in total. The van der Waals surface area contributed by atoms with E-state index >= 15 is 0 Å². The molecule has 2 rings (SSSR count). The zero-order chi connectivity index (χ0) is 15.6. The van der Waals surface area contributed by atoms with Crippen LogP contribution in [-0.2, 0) is 6.54 Å². The number of hydrogen-bond acceptors (Lipinski definition) is 4. The lowest BCUT2D eigenvalue weighted by molar-refractivity contribution is 0.0350. The molecule has 0 aliphatic carbocycles. The molecule has 0 saturated heterocycles. The molecule has 2 aromatic rings. The fraction of sp³-hybridized carbons (Fsp3) is 0.500. The monoisotopic (exact) mass is 289 g/mol. The first kappa shape index (κ1) is 15.7. The molecule has 0 fully saturated rings. The first-order valence-corrected chi connectivity index (χ1v) is 7.22. The average Bonchev–Trinajstić information content (AvgIpc) is 2.35. The SMILES string of the molecule is CCN(Cc1cc(=O)n2ccc(C)cc2n1)CC(C)(C)O. The number of pyridine rings is 1. The molecule has 2 heterocycles. The van der Waals surface area contributed by atoms with Gasteiger partial charge in [0.25, 0.3) is 5.56 Å². The van der Waals surface area contributed by atoms with Crippen molar-refractivity contribution in [2.75, 3.05) is 13.1 Å². The predicted molar refractivity (Wildman–Crippen MR) is 83.4 cm³/mol. The number of aliphatic hydroxyl groups is 1. The van der Waals surface area contributed by atoms with Crippen LogP contribution in [0.15, 0.2) is 29.2 Å². The van der Waals surface area contributed by atoms with Gasteiger partial charge in [-0.05, 0) is 45.0 Å². The quantitative estimate of drug-likeness (QED) is 0.908. The molecule has 0 amide bonds. The maximum atomic E-state index is 12.1. The number of nitrogens with zero attached hydrogens (tertiary/aromatic N) is 3. The largest absolute Gasteiger partial charge is 0.389 e. The highest BCUT2D eigenvalue weighted by atomic mass is 16.3. The number of aryl methyl sites for hydroxylation is 1. The van der Waals surface area contributed by atoms with Crippen LogP contribution in [0.2, 0.25) is 0 Å². The van der Waals surface area contributed by atoms with Gasteiger partial charge in [-0.25, -0.2) is 4.98 Å². The number of fused-ring (bicyclic) bond motifs is 1. The molecule has 2 aromatic heterocycles. The molecule has 114 valence electrons. The molecule has 0 radical (unpaired) electrons. The van der Waals surface area contributed by atoms with E-state index in [9.17, 15) is 9.90 Å². The van der Waals surface area contributed by atoms with E-state index in [4.69, 9.17) is 0 Å². The van der Waals surface area contributed by atoms with E-state index in [0.29, 0.717) is 18.7 Å². The summed E-state index contributed by atoms with van der Waals surface area (Å²) in [7, 11) is 0. The second-order valence-electron chi connectivity index (χ2n) is 6.13. The zero-order valence-electron chi connectivity index (χ0n) is 13.1. The van der Waals surface area contributed by atoms with Gasteiger partial charge in [-0.1, -0.05) is 6.92 Å². The normalized spacial score (nSPS) is 12.3. The van der Waals surface area contributed by atoms with Gasteiger partial charge in [-0.2, -0.15) is 0 Å². The summed E-state index contributed by atoms with van der Waals surface area (Å²) in [6.45, 7) is 9.45. The number of aromatic nitrogens is 2. The molecule has 0 unspecified atom stereocenters. The van der Waals surface area contributed by atoms with Crippen molar-refractivity contribution in [1.29, 1.82) is 0 Å². The van der Waals surface area contributed by atoms with E-state index in [-0.39, 0.29) is 5.56 Å². The Labute approximate surface area is 124 Å². The molecule has 5 nitrogen and oxygen atoms in total. The molecular formula is C16H23N3O2. The molecule has 0 aromatic carbocycles. The molecular weight excluding hydrogens is 266 g/mol. The van der Waals surface area contributed by atoms with Gasteiger partial charge in [0.1, 0.15) is 5.65 Å². The van der Waals surface area contributed by atoms with Gasteiger partial charge in [-0.15, -0.1) is 0 Å². The molecule has 0 atom stereocenters. The maximum Gasteiger partial charge on any atom is 0.258 e. The van der Waals surface area contributed by atoms with Crippen molar-refractivity contribution < 1.29 is 5.11 Å². The highest BCUT2D eigenvalue weighted by Crippen LogP contribution is 2.09. The Kier molecular flexibility index (Phi) is 4.44. The van der Waals surface area contributed by atoms with Gasteiger partial charge in [0.2, 0.25) is 0 Å². The van der Waals surface area contributed by atoms with E-state index in [0.717, 1.165) is 17.8 Å². The lowest BCUT2D eigenvalue weighted by Gasteiger charge is -2.27. The van der Waals surface area contributed by atoms with Crippen LogP contribution in [0.5, 0.6) is 0 Å². The minimum atomic E-state index is -0.765. The van der Waals surface area contributed by atoms with E-state index in [1.807, 2.05) is 26.0 Å². The lowest BCUT2D eigenvalue weighted by atomic mass is 10.1. The number of likely N-dealkylation sites (N-methyl/N-ethyl adjacent to an activating group) is 1. The smallest absolute Gasteiger partial charge is 0.258 e. The molecule has 5 heteroatoms. The van der Waals surface area contributed by atoms with E-state index in [1.165, 1.54) is 0 Å². The topological polar surface area (TPSA) is 57.8 Å². The first-order valence-electron chi connectivity index (χ1n) is 7.22. The minimum Gasteiger partial charge on any atom is -0.389 e. The highest BCUT2D eigenvalue weighted by molar-refractivity contribution is 5.41. The highest BCUT2D eigenvalue weighted by Gasteiger charge is 2.18. The van der Waals surface area contributed by atoms with Crippen molar-refractivity contribution in [3.05, 3.63) is 46.0 Å². The summed E-state index contributed by atoms with van der Waals surface area (Å²) >= 11 is 0. The summed E-state index contributed by atoms with van der Waals surface area (Å²) in [4.78, 5) is 18.8. The Morgan fingerprint density at radius 3 is 2.71 bits per heavy atom. The van der Waals surface area contributed by atoms with Gasteiger partial charge in [0.15, 0.2) is 0 Å². The molecule has 0 aliphatic rings. The van der Waals surface area contributed by atoms with Crippen molar-refractivity contribution >= 4 is 5.65 Å². The van der Waals surface area contributed by atoms with Crippen molar-refractivity contribution in [3.63, 3.8) is 0 Å². The minimum absolute atomic E-state index is 0.0747. The van der Waals surface area contributed by atoms with Gasteiger partial charge < -0.3 is 5.11 Å². The van der Waals surface area contributed by atoms with Crippen LogP contribution in [0, 0.1) is 6.92 Å². The predicted octanol–water partition coefficient (Wildman–Crippen LogP) is 1.60. The van der Waals surface area contributed by atoms with E-state index in [1.54, 1.807) is 30.5 Å². The number of rotatable bonds is 5. The van der Waals surface area contributed by atoms with Gasteiger partial charge in [0, 0.05) is 25.4 Å². The van der Waals surface area contributed by atoms with Crippen LogP contribution < -0.4 is 5.56 Å². The summed E-state index contributed by atoms with van der Waals surface area (Å²) in [6.07, 6.45) is 1.75. The summed E-state index contributed by atoms with van der Waals surface area (Å²) in [5, 5.41) is 9.93. The van der Waals surface area contributed by atoms with Crippen molar-refractivity contribution in [2.45, 2.75) is 39.8 Å². The molecule has 0 saturated carbocycles. The van der Waals surface area contributed by atoms with Crippen LogP contribution in [0.1, 0.15) is 32.0 Å². The van der Waals surface area contributed by atoms with Crippen molar-refractivity contribution in [1.82, 2.24) is 14.3 Å². The Morgan fingerprint density at radius 2 is 2.10 bits per heavy atom. The fourth-order valence-electron chi connectivity index (χ4n) is 2.39. The Bertz CT molecular complexity index is 686. The van der Waals surface area contributed by atoms with Gasteiger partial charge in [0.05, 0.1) is 11.3 Å². The standard InChI is InChI=1S/C16H23N3O2/c1-5-18(11-16(3,4)21)10-13-9-15(20)19-7-6-12(2)8-14(19)17-13/h6-9,21H,5,10-11H2,1-4H3. The van der Waals surface area contributed by atoms with Crippen LogP contribution in [0.3, 0.4) is 0 Å². The summed E-state index contributed by atoms with van der Waals surface area (Å²) in [5.74, 6) is 0. The Hall–Kier alpha value is -1.72. The van der Waals surface area contributed by atoms with E-state index in [2.05, 4.69) is 9.88 Å². The zero-order valence-corrected chi connectivity index (χ0v) is 13.1. The Morgan fingerprint density at radius 1 is 1.38 bits per heavy atom.